The van der Waals surface area contributed by atoms with Crippen LogP contribution in [-0.4, -0.2) is 43.0 Å². The van der Waals surface area contributed by atoms with Crippen LogP contribution in [0.4, 0.5) is 5.69 Å². The molecule has 0 unspecified atom stereocenters. The smallest absolute Gasteiger partial charge is 0.289 e. The van der Waals surface area contributed by atoms with E-state index in [0.717, 1.165) is 0 Å². The average Bonchev–Trinajstić information content (AvgIpc) is 3.22. The summed E-state index contributed by atoms with van der Waals surface area (Å²) >= 11 is 0. The van der Waals surface area contributed by atoms with Crippen LogP contribution in [0.15, 0.2) is 41.0 Å². The molecule has 0 atom stereocenters. The molecule has 7 heteroatoms. The van der Waals surface area contributed by atoms with E-state index in [2.05, 4.69) is 5.32 Å². The van der Waals surface area contributed by atoms with Gasteiger partial charge in [-0.25, -0.2) is 0 Å². The van der Waals surface area contributed by atoms with Crippen LogP contribution in [0.1, 0.15) is 23.4 Å². The maximum absolute atomic E-state index is 12.5. The molecule has 7 nitrogen and oxygen atoms in total. The second kappa shape index (κ2) is 7.11. The molecule has 0 aliphatic carbocycles. The Labute approximate surface area is 150 Å². The number of hydrogen-bond acceptors (Lipinski definition) is 5. The number of anilines is 1. The molecule has 0 saturated carbocycles. The Kier molecular flexibility index (Phi) is 4.51. The summed E-state index contributed by atoms with van der Waals surface area (Å²) in [6, 6.07) is 8.74. The minimum absolute atomic E-state index is 0.0354. The zero-order valence-corrected chi connectivity index (χ0v) is 14.3. The van der Waals surface area contributed by atoms with Crippen LogP contribution in [0.2, 0.25) is 0 Å². The van der Waals surface area contributed by atoms with Crippen LogP contribution in [0.3, 0.4) is 0 Å². The van der Waals surface area contributed by atoms with Gasteiger partial charge in [0.25, 0.3) is 5.91 Å². The summed E-state index contributed by atoms with van der Waals surface area (Å²) in [4.78, 5) is 26.5. The van der Waals surface area contributed by atoms with Gasteiger partial charge in [0, 0.05) is 30.8 Å². The van der Waals surface area contributed by atoms with E-state index in [9.17, 15) is 9.59 Å². The van der Waals surface area contributed by atoms with Crippen molar-refractivity contribution in [2.24, 2.45) is 5.92 Å². The quantitative estimate of drug-likeness (QED) is 0.914. The van der Waals surface area contributed by atoms with E-state index < -0.39 is 0 Å². The Morgan fingerprint density at radius 3 is 2.54 bits per heavy atom. The monoisotopic (exact) mass is 356 g/mol. The number of benzene rings is 1. The first kappa shape index (κ1) is 16.5. The molecule has 1 aromatic carbocycles. The third kappa shape index (κ3) is 3.37. The summed E-state index contributed by atoms with van der Waals surface area (Å²) in [6.45, 7) is 2.12. The summed E-state index contributed by atoms with van der Waals surface area (Å²) in [5, 5.41) is 2.94. The van der Waals surface area contributed by atoms with Gasteiger partial charge in [-0.1, -0.05) is 0 Å². The van der Waals surface area contributed by atoms with Gasteiger partial charge in [-0.3, -0.25) is 9.59 Å². The Morgan fingerprint density at radius 2 is 1.81 bits per heavy atom. The minimum atomic E-state index is -0.124. The number of hydrogen-bond donors (Lipinski definition) is 1. The van der Waals surface area contributed by atoms with Crippen molar-refractivity contribution >= 4 is 17.5 Å². The topological polar surface area (TPSA) is 81.0 Å². The van der Waals surface area contributed by atoms with E-state index in [4.69, 9.17) is 13.9 Å². The lowest BCUT2D eigenvalue weighted by Gasteiger charge is -2.30. The van der Waals surface area contributed by atoms with Crippen molar-refractivity contribution in [2.75, 3.05) is 31.6 Å². The van der Waals surface area contributed by atoms with E-state index in [1.165, 1.54) is 6.26 Å². The largest absolute Gasteiger partial charge is 0.486 e. The predicted molar refractivity (Wildman–Crippen MR) is 93.4 cm³/mol. The Balaban J connectivity index is 1.33. The summed E-state index contributed by atoms with van der Waals surface area (Å²) < 4.78 is 16.2. The molecule has 1 saturated heterocycles. The summed E-state index contributed by atoms with van der Waals surface area (Å²) in [5.41, 5.74) is 0.688. The zero-order valence-electron chi connectivity index (χ0n) is 14.3. The van der Waals surface area contributed by atoms with Gasteiger partial charge < -0.3 is 24.1 Å². The molecule has 2 aromatic rings. The van der Waals surface area contributed by atoms with E-state index in [0.29, 0.717) is 62.1 Å². The predicted octanol–water partition coefficient (Wildman–Crippen LogP) is 2.54. The number of carbonyl (C=O) groups excluding carboxylic acids is 2. The second-order valence-corrected chi connectivity index (χ2v) is 6.39. The van der Waals surface area contributed by atoms with Gasteiger partial charge in [-0.05, 0) is 37.1 Å². The summed E-state index contributed by atoms with van der Waals surface area (Å²) in [5.74, 6) is 1.40. The highest BCUT2D eigenvalue weighted by molar-refractivity contribution is 5.94. The van der Waals surface area contributed by atoms with Gasteiger partial charge in [0.05, 0.1) is 6.26 Å². The van der Waals surface area contributed by atoms with E-state index in [1.54, 1.807) is 35.2 Å². The molecule has 0 radical (unpaired) electrons. The van der Waals surface area contributed by atoms with Gasteiger partial charge in [-0.2, -0.15) is 0 Å². The first-order valence-electron chi connectivity index (χ1n) is 8.74. The first-order chi connectivity index (χ1) is 12.7. The van der Waals surface area contributed by atoms with Gasteiger partial charge in [0.15, 0.2) is 17.3 Å². The van der Waals surface area contributed by atoms with Gasteiger partial charge in [-0.15, -0.1) is 0 Å². The lowest BCUT2D eigenvalue weighted by molar-refractivity contribution is -0.121. The molecule has 4 rings (SSSR count). The van der Waals surface area contributed by atoms with Crippen molar-refractivity contribution in [3.05, 3.63) is 42.4 Å². The number of ether oxygens (including phenoxy) is 2. The second-order valence-electron chi connectivity index (χ2n) is 6.39. The number of nitrogens with zero attached hydrogens (tertiary/aromatic N) is 1. The molecule has 0 spiro atoms. The molecule has 0 bridgehead atoms. The minimum Gasteiger partial charge on any atom is -0.486 e. The lowest BCUT2D eigenvalue weighted by Crippen LogP contribution is -2.41. The van der Waals surface area contributed by atoms with Crippen molar-refractivity contribution < 1.29 is 23.5 Å². The van der Waals surface area contributed by atoms with Crippen molar-refractivity contribution in [3.63, 3.8) is 0 Å². The number of fused-ring (bicyclic) bond motifs is 1. The van der Waals surface area contributed by atoms with Crippen LogP contribution in [0, 0.1) is 5.92 Å². The van der Waals surface area contributed by atoms with Crippen molar-refractivity contribution in [1.29, 1.82) is 0 Å². The molecule has 1 N–H and O–H groups in total. The molecule has 26 heavy (non-hydrogen) atoms. The molecule has 2 aliphatic rings. The van der Waals surface area contributed by atoms with Gasteiger partial charge in [0.1, 0.15) is 13.2 Å². The van der Waals surface area contributed by atoms with Gasteiger partial charge in [0.2, 0.25) is 5.91 Å². The number of carbonyl (C=O) groups is 2. The highest BCUT2D eigenvalue weighted by Gasteiger charge is 2.29. The Hall–Kier alpha value is -2.96. The third-order valence-corrected chi connectivity index (χ3v) is 4.69. The molecule has 2 aliphatic heterocycles. The molecule has 3 heterocycles. The number of amides is 2. The first-order valence-corrected chi connectivity index (χ1v) is 8.74. The zero-order chi connectivity index (χ0) is 17.9. The van der Waals surface area contributed by atoms with Crippen molar-refractivity contribution in [3.8, 4) is 11.5 Å². The molecule has 2 amide bonds. The molecule has 1 fully saturated rings. The number of furan rings is 1. The fourth-order valence-corrected chi connectivity index (χ4v) is 3.27. The van der Waals surface area contributed by atoms with E-state index in [1.807, 2.05) is 0 Å². The number of nitrogens with one attached hydrogen (secondary N) is 1. The lowest BCUT2D eigenvalue weighted by atomic mass is 9.95. The number of piperidine rings is 1. The molecule has 136 valence electrons. The average molecular weight is 356 g/mol. The van der Waals surface area contributed by atoms with Crippen LogP contribution in [-0.2, 0) is 4.79 Å². The summed E-state index contributed by atoms with van der Waals surface area (Å²) in [6.07, 6.45) is 2.74. The SMILES string of the molecule is O=C(Nc1ccc2c(c1)OCCO2)C1CCN(C(=O)c2ccco2)CC1. The molecule has 1 aromatic heterocycles. The molecular weight excluding hydrogens is 336 g/mol. The van der Waals surface area contributed by atoms with Crippen LogP contribution >= 0.6 is 0 Å². The maximum atomic E-state index is 12.5. The van der Waals surface area contributed by atoms with Crippen LogP contribution in [0.5, 0.6) is 11.5 Å². The van der Waals surface area contributed by atoms with E-state index >= 15 is 0 Å². The third-order valence-electron chi connectivity index (χ3n) is 4.69. The van der Waals surface area contributed by atoms with Crippen molar-refractivity contribution in [1.82, 2.24) is 4.90 Å². The molecular formula is C19H20N2O5. The van der Waals surface area contributed by atoms with Gasteiger partial charge >= 0.3 is 0 Å². The van der Waals surface area contributed by atoms with Crippen molar-refractivity contribution in [2.45, 2.75) is 12.8 Å². The Morgan fingerprint density at radius 1 is 1.04 bits per heavy atom. The highest BCUT2D eigenvalue weighted by Crippen LogP contribution is 2.33. The fourth-order valence-electron chi connectivity index (χ4n) is 3.27. The van der Waals surface area contributed by atoms with Crippen LogP contribution < -0.4 is 14.8 Å². The number of rotatable bonds is 3. The standard InChI is InChI=1S/C19H20N2O5/c22-18(20-14-3-4-15-17(12-14)26-11-10-25-15)13-5-7-21(8-6-13)19(23)16-2-1-9-24-16/h1-4,9,12-13H,5-8,10-11H2,(H,20,22). The fraction of sp³-hybridized carbons (Fsp3) is 0.368. The maximum Gasteiger partial charge on any atom is 0.289 e. The summed E-state index contributed by atoms with van der Waals surface area (Å²) in [7, 11) is 0. The highest BCUT2D eigenvalue weighted by atomic mass is 16.6. The Bertz CT molecular complexity index is 794. The normalized spacial score (nSPS) is 17.0. The van der Waals surface area contributed by atoms with Crippen LogP contribution in [0.25, 0.3) is 0 Å². The number of likely N-dealkylation sites (tertiary alicyclic amines) is 1. The van der Waals surface area contributed by atoms with E-state index in [-0.39, 0.29) is 17.7 Å².